The zero-order valence-electron chi connectivity index (χ0n) is 12.2. The van der Waals surface area contributed by atoms with Gasteiger partial charge in [-0.25, -0.2) is 4.98 Å². The second-order valence-corrected chi connectivity index (χ2v) is 5.98. The number of benzene rings is 1. The molecule has 0 radical (unpaired) electrons. The Hall–Kier alpha value is -1.65. The third-order valence-electron chi connectivity index (χ3n) is 4.07. The summed E-state index contributed by atoms with van der Waals surface area (Å²) in [6.45, 7) is 4.62. The fourth-order valence-electron chi connectivity index (χ4n) is 2.92. The quantitative estimate of drug-likeness (QED) is 0.760. The SMILES string of the molecule is CC1CN(C)CCN1C(=O)c1cnc(Cl)c2ccccc12. The van der Waals surface area contributed by atoms with Crippen LogP contribution in [0.5, 0.6) is 0 Å². The van der Waals surface area contributed by atoms with Gasteiger partial charge in [-0.2, -0.15) is 0 Å². The van der Waals surface area contributed by atoms with Crippen LogP contribution in [0.25, 0.3) is 10.8 Å². The average molecular weight is 304 g/mol. The molecule has 0 N–H and O–H groups in total. The predicted molar refractivity (Wildman–Crippen MR) is 84.7 cm³/mol. The first kappa shape index (κ1) is 14.3. The normalized spacial score (nSPS) is 20.0. The van der Waals surface area contributed by atoms with Gasteiger partial charge in [0.15, 0.2) is 0 Å². The van der Waals surface area contributed by atoms with Crippen LogP contribution in [0.2, 0.25) is 5.15 Å². The van der Waals surface area contributed by atoms with E-state index in [2.05, 4.69) is 23.9 Å². The Balaban J connectivity index is 2.01. The Morgan fingerprint density at radius 1 is 1.29 bits per heavy atom. The highest BCUT2D eigenvalue weighted by atomic mass is 35.5. The van der Waals surface area contributed by atoms with Crippen molar-refractivity contribution in [1.82, 2.24) is 14.8 Å². The molecule has 1 saturated heterocycles. The highest BCUT2D eigenvalue weighted by molar-refractivity contribution is 6.34. The van der Waals surface area contributed by atoms with Crippen LogP contribution in [0, 0.1) is 0 Å². The number of carbonyl (C=O) groups is 1. The van der Waals surface area contributed by atoms with Gasteiger partial charge in [0.1, 0.15) is 5.15 Å². The summed E-state index contributed by atoms with van der Waals surface area (Å²) in [6.07, 6.45) is 1.60. The van der Waals surface area contributed by atoms with Gasteiger partial charge in [0, 0.05) is 37.3 Å². The van der Waals surface area contributed by atoms with Crippen molar-refractivity contribution in [3.05, 3.63) is 41.2 Å². The Labute approximate surface area is 129 Å². The summed E-state index contributed by atoms with van der Waals surface area (Å²) in [5.41, 5.74) is 0.631. The molecule has 5 heteroatoms. The second-order valence-electron chi connectivity index (χ2n) is 5.62. The molecule has 1 fully saturated rings. The Bertz CT molecular complexity index is 688. The maximum absolute atomic E-state index is 12.9. The highest BCUT2D eigenvalue weighted by Crippen LogP contribution is 2.26. The minimum atomic E-state index is 0.0379. The lowest BCUT2D eigenvalue weighted by Gasteiger charge is -2.38. The first-order chi connectivity index (χ1) is 10.1. The molecule has 2 aromatic rings. The molecule has 1 amide bonds. The van der Waals surface area contributed by atoms with E-state index in [1.807, 2.05) is 29.2 Å². The smallest absolute Gasteiger partial charge is 0.256 e. The zero-order valence-corrected chi connectivity index (χ0v) is 13.0. The Morgan fingerprint density at radius 2 is 2.00 bits per heavy atom. The van der Waals surface area contributed by atoms with Crippen LogP contribution in [0.15, 0.2) is 30.5 Å². The van der Waals surface area contributed by atoms with Gasteiger partial charge in [-0.3, -0.25) is 4.79 Å². The summed E-state index contributed by atoms with van der Waals surface area (Å²) in [5, 5.41) is 2.13. The minimum absolute atomic E-state index is 0.0379. The van der Waals surface area contributed by atoms with Crippen LogP contribution >= 0.6 is 11.6 Å². The summed E-state index contributed by atoms with van der Waals surface area (Å²) < 4.78 is 0. The van der Waals surface area contributed by atoms with E-state index in [0.29, 0.717) is 10.7 Å². The van der Waals surface area contributed by atoms with Crippen LogP contribution in [-0.4, -0.2) is 53.4 Å². The van der Waals surface area contributed by atoms with Crippen LogP contribution in [0.4, 0.5) is 0 Å². The highest BCUT2D eigenvalue weighted by Gasteiger charge is 2.27. The number of aromatic nitrogens is 1. The van der Waals surface area contributed by atoms with Gasteiger partial charge in [-0.1, -0.05) is 35.9 Å². The zero-order chi connectivity index (χ0) is 15.0. The molecule has 1 aromatic carbocycles. The van der Waals surface area contributed by atoms with Gasteiger partial charge in [0.2, 0.25) is 0 Å². The van der Waals surface area contributed by atoms with Crippen LogP contribution < -0.4 is 0 Å². The average Bonchev–Trinajstić information content (AvgIpc) is 2.47. The molecule has 2 heterocycles. The summed E-state index contributed by atoms with van der Waals surface area (Å²) in [4.78, 5) is 21.2. The van der Waals surface area contributed by atoms with Gasteiger partial charge >= 0.3 is 0 Å². The first-order valence-electron chi connectivity index (χ1n) is 7.10. The molecule has 1 aliphatic heterocycles. The monoisotopic (exact) mass is 303 g/mol. The molecule has 21 heavy (non-hydrogen) atoms. The van der Waals surface area contributed by atoms with Crippen molar-refractivity contribution < 1.29 is 4.79 Å². The lowest BCUT2D eigenvalue weighted by atomic mass is 10.1. The number of likely N-dealkylation sites (N-methyl/N-ethyl adjacent to an activating group) is 1. The predicted octanol–water partition coefficient (Wildman–Crippen LogP) is 2.66. The number of pyridine rings is 1. The van der Waals surface area contributed by atoms with Gasteiger partial charge in [-0.15, -0.1) is 0 Å². The van der Waals surface area contributed by atoms with Crippen molar-refractivity contribution in [1.29, 1.82) is 0 Å². The van der Waals surface area contributed by atoms with Crippen molar-refractivity contribution in [3.8, 4) is 0 Å². The number of hydrogen-bond donors (Lipinski definition) is 0. The molecular weight excluding hydrogens is 286 g/mol. The van der Waals surface area contributed by atoms with E-state index in [9.17, 15) is 4.79 Å². The van der Waals surface area contributed by atoms with E-state index in [0.717, 1.165) is 30.4 Å². The number of rotatable bonds is 1. The number of amides is 1. The fraction of sp³-hybridized carbons (Fsp3) is 0.375. The van der Waals surface area contributed by atoms with Gasteiger partial charge in [0.25, 0.3) is 5.91 Å². The summed E-state index contributed by atoms with van der Waals surface area (Å²) in [7, 11) is 2.08. The number of piperazine rings is 1. The van der Waals surface area contributed by atoms with Crippen molar-refractivity contribution in [2.24, 2.45) is 0 Å². The molecule has 0 saturated carbocycles. The van der Waals surface area contributed by atoms with Crippen molar-refractivity contribution in [2.45, 2.75) is 13.0 Å². The summed E-state index contributed by atoms with van der Waals surface area (Å²) >= 11 is 6.12. The van der Waals surface area contributed by atoms with Crippen LogP contribution in [0.3, 0.4) is 0 Å². The van der Waals surface area contributed by atoms with Gasteiger partial charge in [-0.05, 0) is 19.4 Å². The van der Waals surface area contributed by atoms with E-state index in [-0.39, 0.29) is 11.9 Å². The first-order valence-corrected chi connectivity index (χ1v) is 7.48. The molecule has 110 valence electrons. The topological polar surface area (TPSA) is 36.4 Å². The van der Waals surface area contributed by atoms with Crippen molar-refractivity contribution >= 4 is 28.3 Å². The molecule has 4 nitrogen and oxygen atoms in total. The number of hydrogen-bond acceptors (Lipinski definition) is 3. The second kappa shape index (κ2) is 5.62. The molecule has 1 aliphatic rings. The third-order valence-corrected chi connectivity index (χ3v) is 4.37. The molecule has 0 aliphatic carbocycles. The lowest BCUT2D eigenvalue weighted by Crippen LogP contribution is -2.52. The van der Waals surface area contributed by atoms with Gasteiger partial charge < -0.3 is 9.80 Å². The van der Waals surface area contributed by atoms with Gasteiger partial charge in [0.05, 0.1) is 5.56 Å². The number of halogens is 1. The largest absolute Gasteiger partial charge is 0.333 e. The van der Waals surface area contributed by atoms with E-state index >= 15 is 0 Å². The Kier molecular flexibility index (Phi) is 3.83. The summed E-state index contributed by atoms with van der Waals surface area (Å²) in [5.74, 6) is 0.0379. The fourth-order valence-corrected chi connectivity index (χ4v) is 3.14. The number of carbonyl (C=O) groups excluding carboxylic acids is 1. The van der Waals surface area contributed by atoms with E-state index in [4.69, 9.17) is 11.6 Å². The maximum atomic E-state index is 12.9. The van der Waals surface area contributed by atoms with E-state index in [1.54, 1.807) is 6.20 Å². The molecular formula is C16H18ClN3O. The number of fused-ring (bicyclic) bond motifs is 1. The molecule has 0 bridgehead atoms. The number of nitrogens with zero attached hydrogens (tertiary/aromatic N) is 3. The minimum Gasteiger partial charge on any atom is -0.333 e. The van der Waals surface area contributed by atoms with Crippen molar-refractivity contribution in [2.75, 3.05) is 26.7 Å². The van der Waals surface area contributed by atoms with E-state index in [1.165, 1.54) is 0 Å². The lowest BCUT2D eigenvalue weighted by molar-refractivity contribution is 0.0535. The molecule has 3 rings (SSSR count). The maximum Gasteiger partial charge on any atom is 0.256 e. The molecule has 1 unspecified atom stereocenters. The van der Waals surface area contributed by atoms with E-state index < -0.39 is 0 Å². The Morgan fingerprint density at radius 3 is 2.71 bits per heavy atom. The van der Waals surface area contributed by atoms with Crippen molar-refractivity contribution in [3.63, 3.8) is 0 Å². The summed E-state index contributed by atoms with van der Waals surface area (Å²) in [6, 6.07) is 7.85. The molecule has 1 atom stereocenters. The standard InChI is InChI=1S/C16H18ClN3O/c1-11-10-19(2)7-8-20(11)16(21)14-9-18-15(17)13-6-4-3-5-12(13)14/h3-6,9,11H,7-8,10H2,1-2H3. The molecule has 1 aromatic heterocycles. The van der Waals surface area contributed by atoms with Crippen LogP contribution in [-0.2, 0) is 0 Å². The van der Waals surface area contributed by atoms with Crippen LogP contribution in [0.1, 0.15) is 17.3 Å². The molecule has 0 spiro atoms. The third kappa shape index (κ3) is 2.61.